The van der Waals surface area contributed by atoms with Crippen LogP contribution in [0.1, 0.15) is 39.2 Å². The second-order valence-corrected chi connectivity index (χ2v) is 9.76. The molecule has 0 N–H and O–H groups in total. The number of hydrogen-bond donors (Lipinski definition) is 0. The SMILES string of the molecule is CC(C)(C)OC(=O)N1CCC(COc2cccc(Cl)c2Cl)(Cc2ccccc2)CC1. The molecule has 1 saturated heterocycles. The summed E-state index contributed by atoms with van der Waals surface area (Å²) in [7, 11) is 0. The Morgan fingerprint density at radius 3 is 2.33 bits per heavy atom. The maximum atomic E-state index is 12.5. The van der Waals surface area contributed by atoms with Crippen molar-refractivity contribution in [2.45, 2.75) is 45.6 Å². The van der Waals surface area contributed by atoms with Gasteiger partial charge in [-0.1, -0.05) is 59.6 Å². The van der Waals surface area contributed by atoms with Crippen LogP contribution in [0.5, 0.6) is 5.75 Å². The lowest BCUT2D eigenvalue weighted by Crippen LogP contribution is -2.47. The largest absolute Gasteiger partial charge is 0.491 e. The van der Waals surface area contributed by atoms with Crippen LogP contribution in [0, 0.1) is 5.41 Å². The summed E-state index contributed by atoms with van der Waals surface area (Å²) in [5.41, 5.74) is 0.650. The van der Waals surface area contributed by atoms with Crippen LogP contribution in [0.4, 0.5) is 4.79 Å². The molecule has 6 heteroatoms. The summed E-state index contributed by atoms with van der Waals surface area (Å²) in [4.78, 5) is 14.3. The van der Waals surface area contributed by atoms with Gasteiger partial charge < -0.3 is 14.4 Å². The van der Waals surface area contributed by atoms with E-state index in [4.69, 9.17) is 32.7 Å². The van der Waals surface area contributed by atoms with E-state index in [1.807, 2.05) is 51.1 Å². The number of carbonyl (C=O) groups excluding carboxylic acids is 1. The van der Waals surface area contributed by atoms with Crippen molar-refractivity contribution in [2.75, 3.05) is 19.7 Å². The number of benzene rings is 2. The zero-order valence-electron chi connectivity index (χ0n) is 17.8. The first-order valence-electron chi connectivity index (χ1n) is 10.3. The summed E-state index contributed by atoms with van der Waals surface area (Å²) in [6, 6.07) is 15.8. The van der Waals surface area contributed by atoms with Crippen molar-refractivity contribution in [3.05, 3.63) is 64.1 Å². The molecule has 2 aromatic carbocycles. The fraction of sp³-hybridized carbons (Fsp3) is 0.458. The molecule has 0 aromatic heterocycles. The van der Waals surface area contributed by atoms with Gasteiger partial charge in [0.15, 0.2) is 0 Å². The molecular formula is C24H29Cl2NO3. The highest BCUT2D eigenvalue weighted by Gasteiger charge is 2.38. The number of hydrogen-bond acceptors (Lipinski definition) is 3. The summed E-state index contributed by atoms with van der Waals surface area (Å²) in [5.74, 6) is 0.589. The molecule has 2 aromatic rings. The first kappa shape index (κ1) is 22.8. The van der Waals surface area contributed by atoms with Gasteiger partial charge in [0.05, 0.1) is 11.6 Å². The fourth-order valence-electron chi connectivity index (χ4n) is 3.72. The molecule has 0 bridgehead atoms. The summed E-state index contributed by atoms with van der Waals surface area (Å²) < 4.78 is 11.7. The monoisotopic (exact) mass is 449 g/mol. The third-order valence-electron chi connectivity index (χ3n) is 5.35. The van der Waals surface area contributed by atoms with Crippen molar-refractivity contribution in [3.63, 3.8) is 0 Å². The second-order valence-electron chi connectivity index (χ2n) is 8.97. The lowest BCUT2D eigenvalue weighted by molar-refractivity contribution is 0.00241. The zero-order valence-corrected chi connectivity index (χ0v) is 19.3. The molecule has 0 radical (unpaired) electrons. The topological polar surface area (TPSA) is 38.8 Å². The smallest absolute Gasteiger partial charge is 0.410 e. The summed E-state index contributed by atoms with van der Waals surface area (Å²) >= 11 is 12.5. The van der Waals surface area contributed by atoms with Crippen LogP contribution in [0.25, 0.3) is 0 Å². The van der Waals surface area contributed by atoms with E-state index in [1.165, 1.54) is 5.56 Å². The van der Waals surface area contributed by atoms with Crippen molar-refractivity contribution in [1.82, 2.24) is 4.90 Å². The first-order chi connectivity index (χ1) is 14.2. The van der Waals surface area contributed by atoms with Gasteiger partial charge in [-0.3, -0.25) is 0 Å². The minimum Gasteiger partial charge on any atom is -0.491 e. The molecule has 1 amide bonds. The Labute approximate surface area is 189 Å². The van der Waals surface area contributed by atoms with Gasteiger partial charge in [0, 0.05) is 18.5 Å². The average Bonchev–Trinajstić information content (AvgIpc) is 2.69. The van der Waals surface area contributed by atoms with E-state index in [0.717, 1.165) is 19.3 Å². The number of halogens is 2. The van der Waals surface area contributed by atoms with Gasteiger partial charge in [0.2, 0.25) is 0 Å². The lowest BCUT2D eigenvalue weighted by Gasteiger charge is -2.42. The highest BCUT2D eigenvalue weighted by molar-refractivity contribution is 6.42. The van der Waals surface area contributed by atoms with E-state index in [2.05, 4.69) is 12.1 Å². The molecule has 0 atom stereocenters. The Balaban J connectivity index is 1.73. The number of amides is 1. The number of nitrogens with zero attached hydrogens (tertiary/aromatic N) is 1. The Hall–Kier alpha value is -1.91. The average molecular weight is 450 g/mol. The Morgan fingerprint density at radius 2 is 1.70 bits per heavy atom. The van der Waals surface area contributed by atoms with Gasteiger partial charge in [0.1, 0.15) is 16.4 Å². The molecule has 4 nitrogen and oxygen atoms in total. The molecule has 0 spiro atoms. The standard InChI is InChI=1S/C24H29Cl2NO3/c1-23(2,3)30-22(28)27-14-12-24(13-15-27,16-18-8-5-4-6-9-18)17-29-20-11-7-10-19(25)21(20)26/h4-11H,12-17H2,1-3H3. The van der Waals surface area contributed by atoms with Crippen LogP contribution in [-0.4, -0.2) is 36.3 Å². The van der Waals surface area contributed by atoms with Gasteiger partial charge in [-0.2, -0.15) is 0 Å². The van der Waals surface area contributed by atoms with Gasteiger partial charge in [0.25, 0.3) is 0 Å². The van der Waals surface area contributed by atoms with Crippen LogP contribution >= 0.6 is 23.2 Å². The van der Waals surface area contributed by atoms with Crippen LogP contribution < -0.4 is 4.74 Å². The maximum absolute atomic E-state index is 12.5. The first-order valence-corrected chi connectivity index (χ1v) is 11.0. The van der Waals surface area contributed by atoms with Gasteiger partial charge in [-0.05, 0) is 57.7 Å². The predicted octanol–water partition coefficient (Wildman–Crippen LogP) is 6.63. The van der Waals surface area contributed by atoms with E-state index in [1.54, 1.807) is 11.0 Å². The molecule has 1 aliphatic rings. The zero-order chi connectivity index (χ0) is 21.8. The van der Waals surface area contributed by atoms with E-state index >= 15 is 0 Å². The van der Waals surface area contributed by atoms with Crippen molar-refractivity contribution in [3.8, 4) is 5.75 Å². The van der Waals surface area contributed by atoms with Gasteiger partial charge in [-0.25, -0.2) is 4.79 Å². The molecule has 1 heterocycles. The Bertz CT molecular complexity index is 856. The highest BCUT2D eigenvalue weighted by atomic mass is 35.5. The minimum atomic E-state index is -0.498. The molecule has 30 heavy (non-hydrogen) atoms. The fourth-order valence-corrected chi connectivity index (χ4v) is 4.06. The van der Waals surface area contributed by atoms with E-state index in [-0.39, 0.29) is 11.5 Å². The molecule has 1 aliphatic heterocycles. The van der Waals surface area contributed by atoms with Crippen LogP contribution in [-0.2, 0) is 11.2 Å². The third-order valence-corrected chi connectivity index (χ3v) is 6.15. The van der Waals surface area contributed by atoms with Crippen molar-refractivity contribution < 1.29 is 14.3 Å². The van der Waals surface area contributed by atoms with E-state index in [9.17, 15) is 4.79 Å². The van der Waals surface area contributed by atoms with Crippen LogP contribution in [0.3, 0.4) is 0 Å². The minimum absolute atomic E-state index is 0.106. The normalized spacial score (nSPS) is 16.2. The third kappa shape index (κ3) is 6.05. The Morgan fingerprint density at radius 1 is 1.03 bits per heavy atom. The summed E-state index contributed by atoms with van der Waals surface area (Å²) in [5, 5.41) is 0.909. The molecule has 0 aliphatic carbocycles. The summed E-state index contributed by atoms with van der Waals surface area (Å²) in [6.45, 7) is 7.43. The van der Waals surface area contributed by atoms with Gasteiger partial charge in [-0.15, -0.1) is 0 Å². The second kappa shape index (κ2) is 9.49. The predicted molar refractivity (Wildman–Crippen MR) is 122 cm³/mol. The molecule has 0 unspecified atom stereocenters. The van der Waals surface area contributed by atoms with Crippen LogP contribution in [0.2, 0.25) is 10.0 Å². The van der Waals surface area contributed by atoms with Crippen molar-refractivity contribution in [2.24, 2.45) is 5.41 Å². The van der Waals surface area contributed by atoms with Crippen LogP contribution in [0.15, 0.2) is 48.5 Å². The number of ether oxygens (including phenoxy) is 2. The van der Waals surface area contributed by atoms with Gasteiger partial charge >= 0.3 is 6.09 Å². The molecule has 3 rings (SSSR count). The molecule has 0 saturated carbocycles. The summed E-state index contributed by atoms with van der Waals surface area (Å²) in [6.07, 6.45) is 2.25. The maximum Gasteiger partial charge on any atom is 0.410 e. The highest BCUT2D eigenvalue weighted by Crippen LogP contribution is 2.38. The number of likely N-dealkylation sites (tertiary alicyclic amines) is 1. The number of piperidine rings is 1. The lowest BCUT2D eigenvalue weighted by atomic mass is 9.74. The van der Waals surface area contributed by atoms with E-state index in [0.29, 0.717) is 35.5 Å². The Kier molecular flexibility index (Phi) is 7.20. The molecule has 162 valence electrons. The van der Waals surface area contributed by atoms with Crippen molar-refractivity contribution in [1.29, 1.82) is 0 Å². The number of carbonyl (C=O) groups is 1. The van der Waals surface area contributed by atoms with Crippen molar-refractivity contribution >= 4 is 29.3 Å². The van der Waals surface area contributed by atoms with E-state index < -0.39 is 5.60 Å². The molecule has 1 fully saturated rings. The molecular weight excluding hydrogens is 421 g/mol. The quantitative estimate of drug-likeness (QED) is 0.513. The number of rotatable bonds is 5.